The number of hydrogen-bond acceptors (Lipinski definition) is 5. The topological polar surface area (TPSA) is 56.8 Å². The molecule has 0 bridgehead atoms. The van der Waals surface area contributed by atoms with Gasteiger partial charge in [0, 0.05) is 6.54 Å². The van der Waals surface area contributed by atoms with E-state index in [0.29, 0.717) is 13.2 Å². The number of carbonyl (C=O) groups is 1. The summed E-state index contributed by atoms with van der Waals surface area (Å²) in [6, 6.07) is 0. The summed E-state index contributed by atoms with van der Waals surface area (Å²) in [5, 5.41) is 3.19. The maximum atomic E-state index is 11.7. The molecule has 5 nitrogen and oxygen atoms in total. The quantitative estimate of drug-likeness (QED) is 0.297. The van der Waals surface area contributed by atoms with Crippen molar-refractivity contribution >= 4 is 5.97 Å². The van der Waals surface area contributed by atoms with Crippen LogP contribution in [-0.4, -0.2) is 37.9 Å². The Labute approximate surface area is 110 Å². The highest BCUT2D eigenvalue weighted by atomic mass is 17.2. The Bertz CT molecular complexity index is 226. The Morgan fingerprint density at radius 2 is 1.94 bits per heavy atom. The van der Waals surface area contributed by atoms with Crippen molar-refractivity contribution in [2.75, 3.05) is 26.3 Å². The zero-order valence-electron chi connectivity index (χ0n) is 12.2. The average molecular weight is 261 g/mol. The van der Waals surface area contributed by atoms with Gasteiger partial charge in [0.05, 0.1) is 24.7 Å². The van der Waals surface area contributed by atoms with E-state index in [1.54, 1.807) is 6.92 Å². The van der Waals surface area contributed by atoms with E-state index >= 15 is 0 Å². The van der Waals surface area contributed by atoms with Gasteiger partial charge < -0.3 is 10.1 Å². The van der Waals surface area contributed by atoms with Gasteiger partial charge in [-0.3, -0.25) is 4.79 Å². The Morgan fingerprint density at radius 1 is 1.28 bits per heavy atom. The Hall–Kier alpha value is -0.650. The first-order chi connectivity index (χ1) is 8.40. The van der Waals surface area contributed by atoms with E-state index < -0.39 is 0 Å². The average Bonchev–Trinajstić information content (AvgIpc) is 2.26. The third-order valence-electron chi connectivity index (χ3n) is 2.02. The predicted molar refractivity (Wildman–Crippen MR) is 70.1 cm³/mol. The highest BCUT2D eigenvalue weighted by molar-refractivity contribution is 5.72. The number of ether oxygens (including phenoxy) is 1. The van der Waals surface area contributed by atoms with Crippen LogP contribution in [0.2, 0.25) is 0 Å². The van der Waals surface area contributed by atoms with Gasteiger partial charge in [-0.25, -0.2) is 9.78 Å². The molecule has 0 aromatic heterocycles. The largest absolute Gasteiger partial charge is 0.466 e. The van der Waals surface area contributed by atoms with Crippen LogP contribution in [-0.2, 0) is 19.3 Å². The molecule has 0 aromatic carbocycles. The molecule has 0 aromatic rings. The molecule has 108 valence electrons. The van der Waals surface area contributed by atoms with Gasteiger partial charge in [0.1, 0.15) is 0 Å². The van der Waals surface area contributed by atoms with Crippen molar-refractivity contribution in [3.8, 4) is 0 Å². The van der Waals surface area contributed by atoms with Crippen LogP contribution in [0.3, 0.4) is 0 Å². The summed E-state index contributed by atoms with van der Waals surface area (Å²) in [5.74, 6) is -0.586. The molecule has 1 N–H and O–H groups in total. The highest BCUT2D eigenvalue weighted by Crippen LogP contribution is 2.09. The number of carbonyl (C=O) groups excluding carboxylic acids is 1. The molecule has 0 heterocycles. The Balaban J connectivity index is 4.07. The summed E-state index contributed by atoms with van der Waals surface area (Å²) in [5.41, 5.74) is -0.379. The zero-order valence-corrected chi connectivity index (χ0v) is 12.2. The van der Waals surface area contributed by atoms with Crippen LogP contribution in [0.4, 0.5) is 0 Å². The van der Waals surface area contributed by atoms with Gasteiger partial charge in [0.2, 0.25) is 0 Å². The molecule has 1 unspecified atom stereocenters. The lowest BCUT2D eigenvalue weighted by Crippen LogP contribution is -2.34. The van der Waals surface area contributed by atoms with Crippen LogP contribution in [0.25, 0.3) is 0 Å². The molecule has 1 atom stereocenters. The third-order valence-corrected chi connectivity index (χ3v) is 2.02. The normalized spacial score (nSPS) is 13.4. The van der Waals surface area contributed by atoms with Crippen LogP contribution >= 0.6 is 0 Å². The van der Waals surface area contributed by atoms with Crippen LogP contribution in [0, 0.1) is 5.92 Å². The third kappa shape index (κ3) is 9.39. The summed E-state index contributed by atoms with van der Waals surface area (Å²) in [7, 11) is 0. The molecule has 0 aliphatic rings. The summed E-state index contributed by atoms with van der Waals surface area (Å²) in [6.45, 7) is 11.5. The van der Waals surface area contributed by atoms with Crippen molar-refractivity contribution in [1.29, 1.82) is 0 Å². The summed E-state index contributed by atoms with van der Waals surface area (Å²) in [6.07, 6.45) is 1.02. The van der Waals surface area contributed by atoms with Gasteiger partial charge in [-0.1, -0.05) is 6.92 Å². The van der Waals surface area contributed by atoms with Crippen molar-refractivity contribution in [3.63, 3.8) is 0 Å². The summed E-state index contributed by atoms with van der Waals surface area (Å²) < 4.78 is 5.00. The lowest BCUT2D eigenvalue weighted by molar-refractivity contribution is -0.352. The van der Waals surface area contributed by atoms with Crippen molar-refractivity contribution in [1.82, 2.24) is 5.32 Å². The minimum atomic E-state index is -0.379. The number of esters is 1. The summed E-state index contributed by atoms with van der Waals surface area (Å²) in [4.78, 5) is 22.0. The van der Waals surface area contributed by atoms with Gasteiger partial charge in [0.25, 0.3) is 0 Å². The maximum Gasteiger partial charge on any atom is 0.312 e. The second-order valence-electron chi connectivity index (χ2n) is 5.13. The van der Waals surface area contributed by atoms with E-state index in [0.717, 1.165) is 13.0 Å². The fourth-order valence-electron chi connectivity index (χ4n) is 1.22. The highest BCUT2D eigenvalue weighted by Gasteiger charge is 2.21. The minimum absolute atomic E-state index is 0.201. The lowest BCUT2D eigenvalue weighted by Gasteiger charge is -2.20. The fraction of sp³-hybridized carbons (Fsp3) is 0.923. The summed E-state index contributed by atoms with van der Waals surface area (Å²) >= 11 is 0. The minimum Gasteiger partial charge on any atom is -0.466 e. The van der Waals surface area contributed by atoms with Crippen LogP contribution < -0.4 is 5.32 Å². The van der Waals surface area contributed by atoms with E-state index in [2.05, 4.69) is 12.2 Å². The van der Waals surface area contributed by atoms with Crippen LogP contribution in [0.5, 0.6) is 0 Å². The number of hydrogen-bond donors (Lipinski definition) is 1. The van der Waals surface area contributed by atoms with Crippen molar-refractivity contribution < 1.29 is 19.3 Å². The van der Waals surface area contributed by atoms with Gasteiger partial charge in [-0.05, 0) is 40.7 Å². The van der Waals surface area contributed by atoms with Crippen molar-refractivity contribution in [2.45, 2.75) is 46.6 Å². The second-order valence-corrected chi connectivity index (χ2v) is 5.13. The molecule has 5 heteroatoms. The van der Waals surface area contributed by atoms with Crippen LogP contribution in [0.15, 0.2) is 0 Å². The van der Waals surface area contributed by atoms with E-state index in [4.69, 9.17) is 14.5 Å². The Kier molecular flexibility index (Phi) is 8.97. The molecule has 0 saturated heterocycles. The standard InChI is InChI=1S/C13H27NO4/c1-6-8-14-9-11(12(15)16-7-2)10-17-18-13(3,4)5/h11,14H,6-10H2,1-5H3. The van der Waals surface area contributed by atoms with Gasteiger partial charge in [0.15, 0.2) is 0 Å². The molecule has 0 radical (unpaired) electrons. The molecule has 0 rings (SSSR count). The van der Waals surface area contributed by atoms with E-state index in [1.165, 1.54) is 0 Å². The first-order valence-corrected chi connectivity index (χ1v) is 6.58. The van der Waals surface area contributed by atoms with E-state index in [-0.39, 0.29) is 24.1 Å². The number of nitrogens with one attached hydrogen (secondary N) is 1. The molecule has 0 fully saturated rings. The molecular formula is C13H27NO4. The first kappa shape index (κ1) is 17.4. The molecule has 0 amide bonds. The molecule has 0 aliphatic carbocycles. The molecule has 0 spiro atoms. The molecule has 0 aliphatic heterocycles. The smallest absolute Gasteiger partial charge is 0.312 e. The monoisotopic (exact) mass is 261 g/mol. The molecule has 0 saturated carbocycles. The molecule has 18 heavy (non-hydrogen) atoms. The van der Waals surface area contributed by atoms with Crippen LogP contribution in [0.1, 0.15) is 41.0 Å². The van der Waals surface area contributed by atoms with Gasteiger partial charge in [-0.15, -0.1) is 0 Å². The predicted octanol–water partition coefficient (Wildman–Crippen LogP) is 1.91. The fourth-order valence-corrected chi connectivity index (χ4v) is 1.22. The van der Waals surface area contributed by atoms with Crippen molar-refractivity contribution in [2.24, 2.45) is 5.92 Å². The van der Waals surface area contributed by atoms with Gasteiger partial charge >= 0.3 is 5.97 Å². The first-order valence-electron chi connectivity index (χ1n) is 6.58. The van der Waals surface area contributed by atoms with E-state index in [1.807, 2.05) is 20.8 Å². The van der Waals surface area contributed by atoms with Crippen molar-refractivity contribution in [3.05, 3.63) is 0 Å². The number of rotatable bonds is 9. The SMILES string of the molecule is CCCNCC(COOC(C)(C)C)C(=O)OCC. The zero-order chi connectivity index (χ0) is 14.0. The Morgan fingerprint density at radius 3 is 2.44 bits per heavy atom. The maximum absolute atomic E-state index is 11.7. The second kappa shape index (κ2) is 9.30. The molecular weight excluding hydrogens is 234 g/mol. The van der Waals surface area contributed by atoms with E-state index in [9.17, 15) is 4.79 Å². The lowest BCUT2D eigenvalue weighted by atomic mass is 10.1. The van der Waals surface area contributed by atoms with Gasteiger partial charge in [-0.2, -0.15) is 0 Å².